The van der Waals surface area contributed by atoms with E-state index < -0.39 is 0 Å². The molecule has 3 nitrogen and oxygen atoms in total. The molecule has 24 heavy (non-hydrogen) atoms. The molecule has 2 aromatic rings. The van der Waals surface area contributed by atoms with Gasteiger partial charge in [0.15, 0.2) is 6.61 Å². The minimum absolute atomic E-state index is 0.000149. The molecule has 0 atom stereocenters. The predicted molar refractivity (Wildman–Crippen MR) is 99.9 cm³/mol. The summed E-state index contributed by atoms with van der Waals surface area (Å²) in [6.07, 6.45) is 0. The fourth-order valence-corrected chi connectivity index (χ4v) is 2.65. The van der Waals surface area contributed by atoms with Crippen molar-refractivity contribution in [3.63, 3.8) is 0 Å². The van der Waals surface area contributed by atoms with E-state index in [1.54, 1.807) is 0 Å². The summed E-state index contributed by atoms with van der Waals surface area (Å²) < 4.78 is 5.83. The smallest absolute Gasteiger partial charge is 0.262 e. The average Bonchev–Trinajstić information content (AvgIpc) is 2.47. The maximum atomic E-state index is 12.2. The summed E-state index contributed by atoms with van der Waals surface area (Å²) in [5, 5.41) is 2.92. The lowest BCUT2D eigenvalue weighted by Crippen LogP contribution is -2.22. The van der Waals surface area contributed by atoms with E-state index in [2.05, 4.69) is 44.3 Å². The van der Waals surface area contributed by atoms with Crippen LogP contribution in [0, 0.1) is 20.8 Å². The van der Waals surface area contributed by atoms with Crippen LogP contribution < -0.4 is 10.1 Å². The number of hydrogen-bond acceptors (Lipinski definition) is 2. The number of aryl methyl sites for hydroxylation is 3. The molecule has 3 heteroatoms. The highest BCUT2D eigenvalue weighted by Gasteiger charge is 2.19. The molecule has 1 amide bonds. The Bertz CT molecular complexity index is 742. The van der Waals surface area contributed by atoms with Crippen LogP contribution >= 0.6 is 0 Å². The van der Waals surface area contributed by atoms with Crippen molar-refractivity contribution >= 4 is 11.6 Å². The first-order valence-corrected chi connectivity index (χ1v) is 8.28. The number of nitrogens with one attached hydrogen (secondary N) is 1. The Hall–Kier alpha value is -2.29. The number of benzene rings is 2. The zero-order chi connectivity index (χ0) is 17.9. The van der Waals surface area contributed by atoms with Gasteiger partial charge in [0.25, 0.3) is 5.91 Å². The number of anilines is 1. The van der Waals surface area contributed by atoms with Crippen molar-refractivity contribution in [2.45, 2.75) is 47.0 Å². The molecule has 2 rings (SSSR count). The maximum absolute atomic E-state index is 12.2. The summed E-state index contributed by atoms with van der Waals surface area (Å²) in [6.45, 7) is 12.5. The standard InChI is InChI=1S/C21H27NO2/c1-14-8-10-18(16(3)11-14)22-20(23)13-24-19-12-15(2)7-9-17(19)21(4,5)6/h7-12H,13H2,1-6H3,(H,22,23). The first-order chi connectivity index (χ1) is 11.2. The zero-order valence-electron chi connectivity index (χ0n) is 15.5. The van der Waals surface area contributed by atoms with Gasteiger partial charge in [-0.15, -0.1) is 0 Å². The number of carbonyl (C=O) groups is 1. The minimum atomic E-state index is -0.150. The van der Waals surface area contributed by atoms with Gasteiger partial charge in [0.2, 0.25) is 0 Å². The van der Waals surface area contributed by atoms with Crippen LogP contribution in [-0.2, 0) is 10.2 Å². The third kappa shape index (κ3) is 4.60. The summed E-state index contributed by atoms with van der Waals surface area (Å²) in [4.78, 5) is 12.2. The molecule has 0 saturated carbocycles. The Morgan fingerprint density at radius 2 is 1.62 bits per heavy atom. The highest BCUT2D eigenvalue weighted by Crippen LogP contribution is 2.32. The van der Waals surface area contributed by atoms with E-state index >= 15 is 0 Å². The van der Waals surface area contributed by atoms with E-state index in [0.717, 1.165) is 28.1 Å². The van der Waals surface area contributed by atoms with Gasteiger partial charge in [-0.25, -0.2) is 0 Å². The summed E-state index contributed by atoms with van der Waals surface area (Å²) in [6, 6.07) is 12.1. The van der Waals surface area contributed by atoms with E-state index in [1.807, 2.05) is 39.0 Å². The Balaban J connectivity index is 2.08. The van der Waals surface area contributed by atoms with Crippen LogP contribution in [0.4, 0.5) is 5.69 Å². The maximum Gasteiger partial charge on any atom is 0.262 e. The summed E-state index contributed by atoms with van der Waals surface area (Å²) >= 11 is 0. The number of amides is 1. The van der Waals surface area contributed by atoms with Crippen molar-refractivity contribution < 1.29 is 9.53 Å². The first kappa shape index (κ1) is 18.1. The summed E-state index contributed by atoms with van der Waals surface area (Å²) in [5.41, 5.74) is 5.24. The van der Waals surface area contributed by atoms with Gasteiger partial charge in [0.05, 0.1) is 0 Å². The quantitative estimate of drug-likeness (QED) is 0.866. The van der Waals surface area contributed by atoms with Crippen molar-refractivity contribution in [1.82, 2.24) is 0 Å². The molecule has 0 aliphatic carbocycles. The van der Waals surface area contributed by atoms with Gasteiger partial charge < -0.3 is 10.1 Å². The molecular formula is C21H27NO2. The normalized spacial score (nSPS) is 11.2. The third-order valence-electron chi connectivity index (χ3n) is 3.96. The van der Waals surface area contributed by atoms with Gasteiger partial charge in [-0.2, -0.15) is 0 Å². The highest BCUT2D eigenvalue weighted by atomic mass is 16.5. The molecule has 0 bridgehead atoms. The Kier molecular flexibility index (Phi) is 5.33. The lowest BCUT2D eigenvalue weighted by atomic mass is 9.86. The summed E-state index contributed by atoms with van der Waals surface area (Å²) in [7, 11) is 0. The van der Waals surface area contributed by atoms with E-state index in [1.165, 1.54) is 5.56 Å². The molecule has 1 N–H and O–H groups in total. The molecule has 0 unspecified atom stereocenters. The second-order valence-corrected chi connectivity index (χ2v) is 7.40. The highest BCUT2D eigenvalue weighted by molar-refractivity contribution is 5.92. The van der Waals surface area contributed by atoms with Crippen LogP contribution in [-0.4, -0.2) is 12.5 Å². The molecule has 2 aromatic carbocycles. The molecule has 0 spiro atoms. The molecule has 0 aliphatic rings. The van der Waals surface area contributed by atoms with Crippen molar-refractivity contribution in [3.8, 4) is 5.75 Å². The molecule has 0 aromatic heterocycles. The Labute approximate surface area is 145 Å². The molecule has 0 aliphatic heterocycles. The lowest BCUT2D eigenvalue weighted by Gasteiger charge is -2.23. The molecule has 0 fully saturated rings. The fourth-order valence-electron chi connectivity index (χ4n) is 2.65. The minimum Gasteiger partial charge on any atom is -0.483 e. The Morgan fingerprint density at radius 1 is 1.00 bits per heavy atom. The molecule has 0 saturated heterocycles. The largest absolute Gasteiger partial charge is 0.483 e. The van der Waals surface area contributed by atoms with Crippen molar-refractivity contribution in [2.75, 3.05) is 11.9 Å². The van der Waals surface area contributed by atoms with Gasteiger partial charge in [0.1, 0.15) is 5.75 Å². The van der Waals surface area contributed by atoms with E-state index in [-0.39, 0.29) is 17.9 Å². The van der Waals surface area contributed by atoms with Gasteiger partial charge in [-0.1, -0.05) is 50.6 Å². The SMILES string of the molecule is Cc1ccc(NC(=O)COc2cc(C)ccc2C(C)(C)C)c(C)c1. The van der Waals surface area contributed by atoms with Crippen molar-refractivity contribution in [3.05, 3.63) is 58.7 Å². The monoisotopic (exact) mass is 325 g/mol. The topological polar surface area (TPSA) is 38.3 Å². The van der Waals surface area contributed by atoms with Gasteiger partial charge in [0, 0.05) is 5.69 Å². The number of hydrogen-bond donors (Lipinski definition) is 1. The predicted octanol–water partition coefficient (Wildman–Crippen LogP) is 4.93. The molecule has 0 radical (unpaired) electrons. The average molecular weight is 325 g/mol. The van der Waals surface area contributed by atoms with Crippen LogP contribution in [0.25, 0.3) is 0 Å². The second kappa shape index (κ2) is 7.08. The molecule has 128 valence electrons. The number of carbonyl (C=O) groups excluding carboxylic acids is 1. The lowest BCUT2D eigenvalue weighted by molar-refractivity contribution is -0.118. The third-order valence-corrected chi connectivity index (χ3v) is 3.96. The molecular weight excluding hydrogens is 298 g/mol. The van der Waals surface area contributed by atoms with Crippen LogP contribution in [0.15, 0.2) is 36.4 Å². The van der Waals surface area contributed by atoms with Crippen LogP contribution in [0.3, 0.4) is 0 Å². The van der Waals surface area contributed by atoms with Crippen LogP contribution in [0.1, 0.15) is 43.0 Å². The molecule has 0 heterocycles. The van der Waals surface area contributed by atoms with E-state index in [4.69, 9.17) is 4.74 Å². The van der Waals surface area contributed by atoms with Crippen molar-refractivity contribution in [2.24, 2.45) is 0 Å². The second-order valence-electron chi connectivity index (χ2n) is 7.40. The van der Waals surface area contributed by atoms with Gasteiger partial charge >= 0.3 is 0 Å². The zero-order valence-corrected chi connectivity index (χ0v) is 15.5. The number of ether oxygens (including phenoxy) is 1. The number of rotatable bonds is 4. The van der Waals surface area contributed by atoms with Crippen LogP contribution in [0.2, 0.25) is 0 Å². The van der Waals surface area contributed by atoms with Crippen molar-refractivity contribution in [1.29, 1.82) is 0 Å². The van der Waals surface area contributed by atoms with Gasteiger partial charge in [-0.3, -0.25) is 4.79 Å². The van der Waals surface area contributed by atoms with E-state index in [0.29, 0.717) is 0 Å². The summed E-state index contributed by atoms with van der Waals surface area (Å²) in [5.74, 6) is 0.626. The van der Waals surface area contributed by atoms with Crippen LogP contribution in [0.5, 0.6) is 5.75 Å². The van der Waals surface area contributed by atoms with E-state index in [9.17, 15) is 4.79 Å². The first-order valence-electron chi connectivity index (χ1n) is 8.28. The fraction of sp³-hybridized carbons (Fsp3) is 0.381. The van der Waals surface area contributed by atoms with Gasteiger partial charge in [-0.05, 0) is 55.0 Å². The Morgan fingerprint density at radius 3 is 2.25 bits per heavy atom.